The van der Waals surface area contributed by atoms with Crippen molar-refractivity contribution < 1.29 is 4.74 Å². The predicted octanol–water partition coefficient (Wildman–Crippen LogP) is 3.14. The van der Waals surface area contributed by atoms with Crippen LogP contribution in [0, 0.1) is 11.3 Å². The van der Waals surface area contributed by atoms with E-state index in [0.717, 1.165) is 12.4 Å². The van der Waals surface area contributed by atoms with Crippen molar-refractivity contribution in [2.24, 2.45) is 11.3 Å². The van der Waals surface area contributed by atoms with Gasteiger partial charge in [-0.25, -0.2) is 0 Å². The third-order valence-electron chi connectivity index (χ3n) is 4.22. The molecule has 0 radical (unpaired) electrons. The Morgan fingerprint density at radius 2 is 2.00 bits per heavy atom. The van der Waals surface area contributed by atoms with Crippen molar-refractivity contribution in [2.75, 3.05) is 6.61 Å². The molecule has 2 aliphatic rings. The third-order valence-corrected chi connectivity index (χ3v) is 4.22. The molecular formula is C15H21NO. The smallest absolute Gasteiger partial charge is 0.124 e. The molecule has 1 fully saturated rings. The van der Waals surface area contributed by atoms with Gasteiger partial charge in [0.2, 0.25) is 0 Å². The first-order valence-electron chi connectivity index (χ1n) is 6.56. The highest BCUT2D eigenvalue weighted by Crippen LogP contribution is 2.47. The van der Waals surface area contributed by atoms with Crippen LogP contribution in [0.25, 0.3) is 0 Å². The largest absolute Gasteiger partial charge is 0.493 e. The maximum Gasteiger partial charge on any atom is 0.124 e. The summed E-state index contributed by atoms with van der Waals surface area (Å²) in [7, 11) is 0. The highest BCUT2D eigenvalue weighted by molar-refractivity contribution is 5.38. The average molecular weight is 231 g/mol. The fourth-order valence-corrected chi connectivity index (χ4v) is 2.72. The molecule has 1 aromatic carbocycles. The Balaban J connectivity index is 1.83. The molecule has 2 heteroatoms. The fourth-order valence-electron chi connectivity index (χ4n) is 2.72. The molecule has 3 atom stereocenters. The normalized spacial score (nSPS) is 33.7. The van der Waals surface area contributed by atoms with Crippen molar-refractivity contribution in [1.29, 1.82) is 0 Å². The van der Waals surface area contributed by atoms with Crippen LogP contribution < -0.4 is 10.1 Å². The van der Waals surface area contributed by atoms with E-state index in [0.29, 0.717) is 23.4 Å². The Bertz CT molecular complexity index is 427. The maximum atomic E-state index is 5.78. The Labute approximate surface area is 103 Å². The van der Waals surface area contributed by atoms with E-state index in [-0.39, 0.29) is 0 Å². The number of hydrogen-bond donors (Lipinski definition) is 1. The number of rotatable bonds is 2. The van der Waals surface area contributed by atoms with Crippen molar-refractivity contribution in [3.05, 3.63) is 29.8 Å². The molecule has 0 aromatic heterocycles. The minimum atomic E-state index is 0.451. The number of para-hydroxylation sites is 1. The maximum absolute atomic E-state index is 5.78. The molecule has 3 rings (SSSR count). The Hall–Kier alpha value is -1.02. The summed E-state index contributed by atoms with van der Waals surface area (Å²) in [5, 5.41) is 3.81. The summed E-state index contributed by atoms with van der Waals surface area (Å²) in [5.74, 6) is 1.60. The SMILES string of the molecule is CC1COc2ccccc2C1NC1CC1(C)C. The summed E-state index contributed by atoms with van der Waals surface area (Å²) in [6.45, 7) is 7.76. The molecule has 0 bridgehead atoms. The van der Waals surface area contributed by atoms with Gasteiger partial charge in [-0.05, 0) is 17.9 Å². The zero-order valence-corrected chi connectivity index (χ0v) is 10.9. The van der Waals surface area contributed by atoms with E-state index in [1.807, 2.05) is 6.07 Å². The van der Waals surface area contributed by atoms with E-state index in [1.165, 1.54) is 12.0 Å². The van der Waals surface area contributed by atoms with Gasteiger partial charge in [-0.3, -0.25) is 0 Å². The standard InChI is InChI=1S/C15H21NO/c1-10-9-17-12-7-5-4-6-11(12)14(10)16-13-8-15(13,2)3/h4-7,10,13-14,16H,8-9H2,1-3H3. The van der Waals surface area contributed by atoms with Crippen molar-refractivity contribution in [1.82, 2.24) is 5.32 Å². The fraction of sp³-hybridized carbons (Fsp3) is 0.600. The summed E-state index contributed by atoms with van der Waals surface area (Å²) in [5.41, 5.74) is 1.81. The van der Waals surface area contributed by atoms with E-state index < -0.39 is 0 Å². The van der Waals surface area contributed by atoms with E-state index in [4.69, 9.17) is 4.74 Å². The van der Waals surface area contributed by atoms with Gasteiger partial charge in [0, 0.05) is 23.6 Å². The van der Waals surface area contributed by atoms with Gasteiger partial charge in [-0.1, -0.05) is 39.0 Å². The zero-order chi connectivity index (χ0) is 12.0. The van der Waals surface area contributed by atoms with Gasteiger partial charge in [0.25, 0.3) is 0 Å². The third kappa shape index (κ3) is 1.95. The van der Waals surface area contributed by atoms with Crippen LogP contribution in [-0.4, -0.2) is 12.6 Å². The summed E-state index contributed by atoms with van der Waals surface area (Å²) in [6, 6.07) is 9.54. The van der Waals surface area contributed by atoms with Crippen molar-refractivity contribution in [3.63, 3.8) is 0 Å². The van der Waals surface area contributed by atoms with Crippen LogP contribution >= 0.6 is 0 Å². The van der Waals surface area contributed by atoms with Crippen molar-refractivity contribution >= 4 is 0 Å². The van der Waals surface area contributed by atoms with E-state index in [2.05, 4.69) is 44.3 Å². The van der Waals surface area contributed by atoms with Crippen molar-refractivity contribution in [2.45, 2.75) is 39.3 Å². The molecule has 1 saturated carbocycles. The van der Waals surface area contributed by atoms with E-state index in [9.17, 15) is 0 Å². The second kappa shape index (κ2) is 3.74. The van der Waals surface area contributed by atoms with Gasteiger partial charge in [0.1, 0.15) is 5.75 Å². The Morgan fingerprint density at radius 3 is 2.71 bits per heavy atom. The van der Waals surface area contributed by atoms with Gasteiger partial charge in [0.15, 0.2) is 0 Å². The lowest BCUT2D eigenvalue weighted by Gasteiger charge is -2.32. The summed E-state index contributed by atoms with van der Waals surface area (Å²) >= 11 is 0. The molecule has 1 aliphatic heterocycles. The number of fused-ring (bicyclic) bond motifs is 1. The van der Waals surface area contributed by atoms with Crippen LogP contribution in [0.4, 0.5) is 0 Å². The molecule has 0 spiro atoms. The number of ether oxygens (including phenoxy) is 1. The first-order valence-corrected chi connectivity index (χ1v) is 6.56. The predicted molar refractivity (Wildman–Crippen MR) is 69.2 cm³/mol. The molecule has 0 amide bonds. The summed E-state index contributed by atoms with van der Waals surface area (Å²) in [6.07, 6.45) is 1.29. The summed E-state index contributed by atoms with van der Waals surface area (Å²) < 4.78 is 5.78. The molecule has 3 unspecified atom stereocenters. The van der Waals surface area contributed by atoms with E-state index in [1.54, 1.807) is 0 Å². The van der Waals surface area contributed by atoms with Gasteiger partial charge < -0.3 is 10.1 Å². The highest BCUT2D eigenvalue weighted by Gasteiger charge is 2.47. The van der Waals surface area contributed by atoms with Gasteiger partial charge in [-0.2, -0.15) is 0 Å². The second-order valence-electron chi connectivity index (χ2n) is 6.22. The topological polar surface area (TPSA) is 21.3 Å². The number of nitrogens with one attached hydrogen (secondary N) is 1. The van der Waals surface area contributed by atoms with Crippen LogP contribution in [0.1, 0.15) is 38.8 Å². The molecular weight excluding hydrogens is 210 g/mol. The lowest BCUT2D eigenvalue weighted by molar-refractivity contribution is 0.185. The van der Waals surface area contributed by atoms with Crippen LogP contribution in [0.15, 0.2) is 24.3 Å². The Kier molecular flexibility index (Phi) is 2.44. The molecule has 17 heavy (non-hydrogen) atoms. The molecule has 1 heterocycles. The zero-order valence-electron chi connectivity index (χ0n) is 10.9. The quantitative estimate of drug-likeness (QED) is 0.844. The lowest BCUT2D eigenvalue weighted by atomic mass is 9.91. The second-order valence-corrected chi connectivity index (χ2v) is 6.22. The lowest BCUT2D eigenvalue weighted by Crippen LogP contribution is -2.36. The van der Waals surface area contributed by atoms with Crippen LogP contribution in [0.3, 0.4) is 0 Å². The van der Waals surface area contributed by atoms with E-state index >= 15 is 0 Å². The molecule has 1 aromatic rings. The summed E-state index contributed by atoms with van der Waals surface area (Å²) in [4.78, 5) is 0. The monoisotopic (exact) mass is 231 g/mol. The minimum Gasteiger partial charge on any atom is -0.493 e. The van der Waals surface area contributed by atoms with Gasteiger partial charge in [0.05, 0.1) is 6.61 Å². The average Bonchev–Trinajstić information content (AvgIpc) is 2.90. The minimum absolute atomic E-state index is 0.451. The van der Waals surface area contributed by atoms with Crippen LogP contribution in [0.5, 0.6) is 5.75 Å². The molecule has 0 saturated heterocycles. The Morgan fingerprint density at radius 1 is 1.29 bits per heavy atom. The molecule has 2 nitrogen and oxygen atoms in total. The highest BCUT2D eigenvalue weighted by atomic mass is 16.5. The number of hydrogen-bond acceptors (Lipinski definition) is 2. The van der Waals surface area contributed by atoms with Crippen molar-refractivity contribution in [3.8, 4) is 5.75 Å². The van der Waals surface area contributed by atoms with Crippen LogP contribution in [0.2, 0.25) is 0 Å². The first kappa shape index (κ1) is 11.1. The molecule has 1 aliphatic carbocycles. The van der Waals surface area contributed by atoms with Crippen LogP contribution in [-0.2, 0) is 0 Å². The van der Waals surface area contributed by atoms with Gasteiger partial charge >= 0.3 is 0 Å². The first-order chi connectivity index (χ1) is 8.08. The van der Waals surface area contributed by atoms with Gasteiger partial charge in [-0.15, -0.1) is 0 Å². The number of benzene rings is 1. The molecule has 92 valence electrons. The molecule has 1 N–H and O–H groups in total.